The number of amides is 1. The van der Waals surface area contributed by atoms with E-state index >= 15 is 0 Å². The number of carbonyl (C=O) groups is 1. The molecule has 0 aliphatic rings. The summed E-state index contributed by atoms with van der Waals surface area (Å²) in [5.41, 5.74) is 0.0675. The van der Waals surface area contributed by atoms with Gasteiger partial charge in [-0.15, -0.1) is 0 Å². The first-order valence-corrected chi connectivity index (χ1v) is 5.65. The number of rotatable bonds is 4. The van der Waals surface area contributed by atoms with Crippen molar-refractivity contribution in [3.63, 3.8) is 0 Å². The van der Waals surface area contributed by atoms with Gasteiger partial charge in [0, 0.05) is 12.1 Å². The molecule has 0 saturated carbocycles. The highest BCUT2D eigenvalue weighted by atomic mass is 16.6. The number of nitro groups is 1. The molecule has 0 bridgehead atoms. The Kier molecular flexibility index (Phi) is 3.65. The first-order valence-electron chi connectivity index (χ1n) is 5.65. The number of nitrogens with zero attached hydrogens (tertiary/aromatic N) is 2. The predicted octanol–water partition coefficient (Wildman–Crippen LogP) is 1.53. The fraction of sp³-hybridized carbons (Fsp3) is 0.167. The Morgan fingerprint density at radius 1 is 1.50 bits per heavy atom. The van der Waals surface area contributed by atoms with Crippen LogP contribution in [0.5, 0.6) is 5.75 Å². The average molecular weight is 277 g/mol. The molecular formula is C12H11N3O5. The van der Waals surface area contributed by atoms with E-state index in [0.29, 0.717) is 11.5 Å². The van der Waals surface area contributed by atoms with Crippen molar-refractivity contribution in [1.82, 2.24) is 10.5 Å². The highest BCUT2D eigenvalue weighted by Gasteiger charge is 2.20. The Balaban J connectivity index is 2.16. The molecule has 2 aromatic rings. The number of carbonyl (C=O) groups excluding carboxylic acids is 1. The molecule has 2 N–H and O–H groups in total. The minimum atomic E-state index is -0.688. The molecule has 1 heterocycles. The van der Waals surface area contributed by atoms with E-state index in [1.807, 2.05) is 0 Å². The summed E-state index contributed by atoms with van der Waals surface area (Å²) in [6.45, 7) is 1.78. The van der Waals surface area contributed by atoms with Crippen LogP contribution in [-0.2, 0) is 6.54 Å². The van der Waals surface area contributed by atoms with Gasteiger partial charge in [-0.05, 0) is 19.1 Å². The van der Waals surface area contributed by atoms with E-state index in [1.165, 1.54) is 0 Å². The van der Waals surface area contributed by atoms with Gasteiger partial charge in [0.05, 0.1) is 17.2 Å². The van der Waals surface area contributed by atoms with Gasteiger partial charge in [-0.2, -0.15) is 0 Å². The van der Waals surface area contributed by atoms with Gasteiger partial charge < -0.3 is 14.9 Å². The van der Waals surface area contributed by atoms with E-state index in [2.05, 4.69) is 10.5 Å². The van der Waals surface area contributed by atoms with Crippen LogP contribution in [0.25, 0.3) is 0 Å². The molecule has 0 aliphatic heterocycles. The number of benzene rings is 1. The smallest absolute Gasteiger partial charge is 0.282 e. The highest BCUT2D eigenvalue weighted by Crippen LogP contribution is 2.23. The molecular weight excluding hydrogens is 266 g/mol. The quantitative estimate of drug-likeness (QED) is 0.646. The lowest BCUT2D eigenvalue weighted by molar-refractivity contribution is -0.385. The number of nitrogens with one attached hydrogen (secondary N) is 1. The van der Waals surface area contributed by atoms with Crippen LogP contribution < -0.4 is 5.32 Å². The number of hydrogen-bond donors (Lipinski definition) is 2. The molecule has 20 heavy (non-hydrogen) atoms. The zero-order valence-electron chi connectivity index (χ0n) is 10.5. The molecule has 0 aliphatic carbocycles. The second-order valence-corrected chi connectivity index (χ2v) is 4.08. The second-order valence-electron chi connectivity index (χ2n) is 4.08. The zero-order valence-corrected chi connectivity index (χ0v) is 10.5. The number of hydrogen-bond acceptors (Lipinski definition) is 6. The molecule has 1 amide bonds. The van der Waals surface area contributed by atoms with E-state index in [1.54, 1.807) is 13.0 Å². The summed E-state index contributed by atoms with van der Waals surface area (Å²) < 4.78 is 4.90. The van der Waals surface area contributed by atoms with Crippen LogP contribution in [0.15, 0.2) is 28.8 Å². The minimum absolute atomic E-state index is 0.0481. The largest absolute Gasteiger partial charge is 0.508 e. The molecule has 0 radical (unpaired) electrons. The van der Waals surface area contributed by atoms with E-state index in [9.17, 15) is 20.0 Å². The third-order valence-corrected chi connectivity index (χ3v) is 2.52. The lowest BCUT2D eigenvalue weighted by Gasteiger charge is -2.04. The Morgan fingerprint density at radius 2 is 2.25 bits per heavy atom. The first-order chi connectivity index (χ1) is 9.47. The first kappa shape index (κ1) is 13.5. The summed E-state index contributed by atoms with van der Waals surface area (Å²) in [4.78, 5) is 22.1. The number of aryl methyl sites for hydroxylation is 1. The Morgan fingerprint density at radius 3 is 2.85 bits per heavy atom. The van der Waals surface area contributed by atoms with Crippen molar-refractivity contribution in [3.8, 4) is 5.75 Å². The lowest BCUT2D eigenvalue weighted by atomic mass is 10.1. The summed E-state index contributed by atoms with van der Waals surface area (Å²) in [5, 5.41) is 26.3. The van der Waals surface area contributed by atoms with Crippen LogP contribution in [0.1, 0.15) is 21.8 Å². The van der Waals surface area contributed by atoms with Crippen LogP contribution in [-0.4, -0.2) is 21.1 Å². The van der Waals surface area contributed by atoms with Crippen LogP contribution >= 0.6 is 0 Å². The average Bonchev–Trinajstić information content (AvgIpc) is 2.81. The summed E-state index contributed by atoms with van der Waals surface area (Å²) in [5.74, 6) is -0.475. The molecule has 0 atom stereocenters. The molecule has 1 aromatic heterocycles. The molecule has 2 rings (SSSR count). The van der Waals surface area contributed by atoms with Crippen LogP contribution in [0.4, 0.5) is 5.69 Å². The van der Waals surface area contributed by atoms with E-state index in [-0.39, 0.29) is 23.5 Å². The fourth-order valence-electron chi connectivity index (χ4n) is 1.63. The van der Waals surface area contributed by atoms with Crippen molar-refractivity contribution in [3.05, 3.63) is 51.4 Å². The van der Waals surface area contributed by atoms with Gasteiger partial charge in [0.25, 0.3) is 11.6 Å². The van der Waals surface area contributed by atoms with Crippen LogP contribution in [0.3, 0.4) is 0 Å². The Hall–Kier alpha value is -2.90. The van der Waals surface area contributed by atoms with Gasteiger partial charge in [-0.25, -0.2) is 0 Å². The maximum absolute atomic E-state index is 11.9. The van der Waals surface area contributed by atoms with Crippen molar-refractivity contribution >= 4 is 11.6 Å². The second kappa shape index (κ2) is 5.39. The van der Waals surface area contributed by atoms with Crippen molar-refractivity contribution in [1.29, 1.82) is 0 Å². The molecule has 0 spiro atoms. The molecule has 8 nitrogen and oxygen atoms in total. The maximum Gasteiger partial charge on any atom is 0.282 e. The minimum Gasteiger partial charge on any atom is -0.508 e. The van der Waals surface area contributed by atoms with E-state index in [0.717, 1.165) is 18.2 Å². The monoisotopic (exact) mass is 277 g/mol. The normalized spacial score (nSPS) is 10.2. The van der Waals surface area contributed by atoms with Crippen molar-refractivity contribution in [2.45, 2.75) is 13.5 Å². The highest BCUT2D eigenvalue weighted by molar-refractivity contribution is 5.98. The molecule has 104 valence electrons. The number of aromatic hydroxyl groups is 1. The lowest BCUT2D eigenvalue weighted by Crippen LogP contribution is -2.23. The van der Waals surface area contributed by atoms with Gasteiger partial charge in [0.2, 0.25) is 0 Å². The van der Waals surface area contributed by atoms with Crippen molar-refractivity contribution in [2.75, 3.05) is 0 Å². The molecule has 0 unspecified atom stereocenters. The standard InChI is InChI=1S/C12H11N3O5/c1-7-4-9(20-14-7)6-13-12(17)10-5-8(16)2-3-11(10)15(18)19/h2-5,16H,6H2,1H3,(H,13,17). The van der Waals surface area contributed by atoms with Crippen LogP contribution in [0, 0.1) is 17.0 Å². The summed E-state index contributed by atoms with van der Waals surface area (Å²) in [6.07, 6.45) is 0. The zero-order chi connectivity index (χ0) is 14.7. The molecule has 0 fully saturated rings. The number of phenols is 1. The molecule has 0 saturated heterocycles. The summed E-state index contributed by atoms with van der Waals surface area (Å²) in [6, 6.07) is 4.90. The van der Waals surface area contributed by atoms with Gasteiger partial charge in [-0.1, -0.05) is 5.16 Å². The van der Waals surface area contributed by atoms with Crippen molar-refractivity contribution in [2.24, 2.45) is 0 Å². The number of aromatic nitrogens is 1. The van der Waals surface area contributed by atoms with Crippen LogP contribution in [0.2, 0.25) is 0 Å². The third kappa shape index (κ3) is 2.91. The Labute approximate surface area is 113 Å². The number of nitro benzene ring substituents is 1. The van der Waals surface area contributed by atoms with E-state index in [4.69, 9.17) is 4.52 Å². The molecule has 8 heteroatoms. The van der Waals surface area contributed by atoms with Gasteiger partial charge in [0.15, 0.2) is 5.76 Å². The van der Waals surface area contributed by atoms with Crippen molar-refractivity contribution < 1.29 is 19.3 Å². The fourth-order valence-corrected chi connectivity index (χ4v) is 1.63. The summed E-state index contributed by atoms with van der Waals surface area (Å²) in [7, 11) is 0. The molecule has 1 aromatic carbocycles. The van der Waals surface area contributed by atoms with Gasteiger partial charge in [0.1, 0.15) is 11.3 Å². The third-order valence-electron chi connectivity index (χ3n) is 2.52. The SMILES string of the molecule is Cc1cc(CNC(=O)c2cc(O)ccc2[N+](=O)[O-])on1. The van der Waals surface area contributed by atoms with Gasteiger partial charge in [-0.3, -0.25) is 14.9 Å². The Bertz CT molecular complexity index is 665. The summed E-state index contributed by atoms with van der Waals surface area (Å²) >= 11 is 0. The predicted molar refractivity (Wildman–Crippen MR) is 67.2 cm³/mol. The number of phenolic OH excluding ortho intramolecular Hbond substituents is 1. The maximum atomic E-state index is 11.9. The van der Waals surface area contributed by atoms with E-state index < -0.39 is 10.8 Å². The van der Waals surface area contributed by atoms with Gasteiger partial charge >= 0.3 is 0 Å². The topological polar surface area (TPSA) is 118 Å².